The molecule has 0 aromatic heterocycles. The molecule has 2 aliphatic rings. The van der Waals surface area contributed by atoms with E-state index in [1.165, 1.54) is 26.2 Å². The second kappa shape index (κ2) is 4.81. The van der Waals surface area contributed by atoms with Gasteiger partial charge in [0.1, 0.15) is 0 Å². The Morgan fingerprint density at radius 2 is 1.73 bits per heavy atom. The second-order valence-electron chi connectivity index (χ2n) is 5.35. The molecule has 0 spiro atoms. The summed E-state index contributed by atoms with van der Waals surface area (Å²) in [5.74, 6) is 1.49. The van der Waals surface area contributed by atoms with E-state index >= 15 is 0 Å². The summed E-state index contributed by atoms with van der Waals surface area (Å²) < 4.78 is 5.66. The number of piperazine rings is 1. The lowest BCUT2D eigenvalue weighted by Crippen LogP contribution is -2.51. The summed E-state index contributed by atoms with van der Waals surface area (Å²) in [4.78, 5) is 5.05. The van der Waals surface area contributed by atoms with Crippen LogP contribution in [0.5, 0.6) is 0 Å². The van der Waals surface area contributed by atoms with Crippen molar-refractivity contribution >= 4 is 0 Å². The van der Waals surface area contributed by atoms with Crippen LogP contribution in [0.25, 0.3) is 0 Å². The number of nitrogens with zero attached hydrogens (tertiary/aromatic N) is 2. The molecule has 0 aromatic rings. The maximum atomic E-state index is 5.66. The van der Waals surface area contributed by atoms with Crippen LogP contribution in [0.1, 0.15) is 13.8 Å². The molecule has 0 saturated carbocycles. The first-order chi connectivity index (χ1) is 7.18. The van der Waals surface area contributed by atoms with Crippen molar-refractivity contribution < 1.29 is 4.74 Å². The smallest absolute Gasteiger partial charge is 0.0625 e. The molecule has 0 N–H and O–H groups in total. The van der Waals surface area contributed by atoms with E-state index in [1.807, 2.05) is 0 Å². The molecule has 0 unspecified atom stereocenters. The van der Waals surface area contributed by atoms with Crippen molar-refractivity contribution in [2.75, 3.05) is 46.4 Å². The van der Waals surface area contributed by atoms with Crippen LogP contribution in [0.2, 0.25) is 0 Å². The molecule has 3 heteroatoms. The van der Waals surface area contributed by atoms with Crippen LogP contribution >= 0.6 is 0 Å². The van der Waals surface area contributed by atoms with E-state index in [-0.39, 0.29) is 0 Å². The van der Waals surface area contributed by atoms with Crippen LogP contribution in [0.3, 0.4) is 0 Å². The van der Waals surface area contributed by atoms with Crippen LogP contribution in [-0.2, 0) is 4.74 Å². The lowest BCUT2D eigenvalue weighted by molar-refractivity contribution is 0.0816. The van der Waals surface area contributed by atoms with Crippen LogP contribution in [0, 0.1) is 11.8 Å². The van der Waals surface area contributed by atoms with Gasteiger partial charge in [0.15, 0.2) is 0 Å². The lowest BCUT2D eigenvalue weighted by Gasteiger charge is -2.38. The van der Waals surface area contributed by atoms with E-state index in [1.54, 1.807) is 0 Å². The zero-order chi connectivity index (χ0) is 10.8. The van der Waals surface area contributed by atoms with E-state index < -0.39 is 0 Å². The van der Waals surface area contributed by atoms with Crippen molar-refractivity contribution in [1.29, 1.82) is 0 Å². The van der Waals surface area contributed by atoms with Crippen molar-refractivity contribution in [3.8, 4) is 0 Å². The predicted octanol–water partition coefficient (Wildman–Crippen LogP) is 0.905. The van der Waals surface area contributed by atoms with Crippen LogP contribution in [-0.4, -0.2) is 62.3 Å². The topological polar surface area (TPSA) is 15.7 Å². The highest BCUT2D eigenvalue weighted by Crippen LogP contribution is 2.26. The van der Waals surface area contributed by atoms with Gasteiger partial charge in [0.25, 0.3) is 0 Å². The predicted molar refractivity (Wildman–Crippen MR) is 62.0 cm³/mol. The summed E-state index contributed by atoms with van der Waals surface area (Å²) in [5, 5.41) is 0. The highest BCUT2D eigenvalue weighted by molar-refractivity contribution is 4.87. The zero-order valence-corrected chi connectivity index (χ0v) is 10.3. The van der Waals surface area contributed by atoms with Crippen LogP contribution < -0.4 is 0 Å². The third kappa shape index (κ3) is 2.52. The molecule has 0 radical (unpaired) electrons. The van der Waals surface area contributed by atoms with Gasteiger partial charge in [-0.2, -0.15) is 0 Å². The van der Waals surface area contributed by atoms with Gasteiger partial charge in [-0.1, -0.05) is 13.8 Å². The Labute approximate surface area is 93.4 Å². The summed E-state index contributed by atoms with van der Waals surface area (Å²) in [6, 6.07) is 0.679. The quantitative estimate of drug-likeness (QED) is 0.676. The zero-order valence-electron chi connectivity index (χ0n) is 10.3. The minimum Gasteiger partial charge on any atom is -0.379 e. The molecule has 0 amide bonds. The summed E-state index contributed by atoms with van der Waals surface area (Å²) in [6.45, 7) is 11.4. The Kier molecular flexibility index (Phi) is 3.65. The van der Waals surface area contributed by atoms with Crippen molar-refractivity contribution in [1.82, 2.24) is 9.80 Å². The van der Waals surface area contributed by atoms with E-state index in [2.05, 4.69) is 30.7 Å². The fourth-order valence-electron chi connectivity index (χ4n) is 2.73. The highest BCUT2D eigenvalue weighted by Gasteiger charge is 2.35. The van der Waals surface area contributed by atoms with Crippen molar-refractivity contribution in [3.05, 3.63) is 0 Å². The Morgan fingerprint density at radius 3 is 2.33 bits per heavy atom. The van der Waals surface area contributed by atoms with Crippen LogP contribution in [0.15, 0.2) is 0 Å². The molecule has 2 aliphatic heterocycles. The summed E-state index contributed by atoms with van der Waals surface area (Å²) >= 11 is 0. The average Bonchev–Trinajstić information content (AvgIpc) is 2.67. The van der Waals surface area contributed by atoms with Gasteiger partial charge in [-0.15, -0.1) is 0 Å². The molecule has 2 heterocycles. The minimum absolute atomic E-state index is 0.679. The maximum Gasteiger partial charge on any atom is 0.0625 e. The molecular weight excluding hydrogens is 188 g/mol. The normalized spacial score (nSPS) is 35.2. The Balaban J connectivity index is 1.92. The van der Waals surface area contributed by atoms with Crippen molar-refractivity contribution in [2.24, 2.45) is 11.8 Å². The van der Waals surface area contributed by atoms with Gasteiger partial charge in [0.05, 0.1) is 13.2 Å². The third-order valence-electron chi connectivity index (χ3n) is 3.96. The summed E-state index contributed by atoms with van der Waals surface area (Å²) in [5.41, 5.74) is 0. The fourth-order valence-corrected chi connectivity index (χ4v) is 2.73. The van der Waals surface area contributed by atoms with Crippen molar-refractivity contribution in [3.63, 3.8) is 0 Å². The summed E-state index contributed by atoms with van der Waals surface area (Å²) in [7, 11) is 2.21. The standard InChI is InChI=1S/C12H24N2O/c1-10(2)11-8-15-9-12(11)14-6-4-13(3)5-7-14/h10-12H,4-9H2,1-3H3/t11-,12+/m0/s1. The SMILES string of the molecule is CC(C)[C@@H]1COC[C@H]1N1CCN(C)CC1. The molecule has 2 atom stereocenters. The van der Waals surface area contributed by atoms with E-state index in [0.717, 1.165) is 25.0 Å². The van der Waals surface area contributed by atoms with E-state index in [0.29, 0.717) is 6.04 Å². The van der Waals surface area contributed by atoms with Crippen molar-refractivity contribution in [2.45, 2.75) is 19.9 Å². The molecule has 2 saturated heterocycles. The first-order valence-electron chi connectivity index (χ1n) is 6.19. The second-order valence-corrected chi connectivity index (χ2v) is 5.35. The first-order valence-corrected chi connectivity index (χ1v) is 6.19. The van der Waals surface area contributed by atoms with E-state index in [9.17, 15) is 0 Å². The monoisotopic (exact) mass is 212 g/mol. The minimum atomic E-state index is 0.679. The lowest BCUT2D eigenvalue weighted by atomic mass is 9.90. The Morgan fingerprint density at radius 1 is 1.07 bits per heavy atom. The number of hydrogen-bond donors (Lipinski definition) is 0. The first kappa shape index (κ1) is 11.4. The third-order valence-corrected chi connectivity index (χ3v) is 3.96. The molecule has 0 aromatic carbocycles. The molecule has 2 fully saturated rings. The Bertz CT molecular complexity index is 200. The molecule has 0 aliphatic carbocycles. The number of rotatable bonds is 2. The van der Waals surface area contributed by atoms with Crippen LogP contribution in [0.4, 0.5) is 0 Å². The highest BCUT2D eigenvalue weighted by atomic mass is 16.5. The maximum absolute atomic E-state index is 5.66. The molecular formula is C12H24N2O. The van der Waals surface area contributed by atoms with E-state index in [4.69, 9.17) is 4.74 Å². The summed E-state index contributed by atoms with van der Waals surface area (Å²) in [6.07, 6.45) is 0. The number of likely N-dealkylation sites (N-methyl/N-ethyl adjacent to an activating group) is 1. The molecule has 88 valence electrons. The number of hydrogen-bond acceptors (Lipinski definition) is 3. The molecule has 2 rings (SSSR count). The van der Waals surface area contributed by atoms with Gasteiger partial charge in [-0.05, 0) is 13.0 Å². The Hall–Kier alpha value is -0.120. The van der Waals surface area contributed by atoms with Gasteiger partial charge in [0.2, 0.25) is 0 Å². The fraction of sp³-hybridized carbons (Fsp3) is 1.00. The van der Waals surface area contributed by atoms with Gasteiger partial charge >= 0.3 is 0 Å². The molecule has 3 nitrogen and oxygen atoms in total. The van der Waals surface area contributed by atoms with Gasteiger partial charge < -0.3 is 9.64 Å². The van der Waals surface area contributed by atoms with Gasteiger partial charge in [0, 0.05) is 38.1 Å². The average molecular weight is 212 g/mol. The molecule has 15 heavy (non-hydrogen) atoms. The van der Waals surface area contributed by atoms with Gasteiger partial charge in [-0.3, -0.25) is 4.90 Å². The molecule has 0 bridgehead atoms. The number of ether oxygens (including phenoxy) is 1. The largest absolute Gasteiger partial charge is 0.379 e. The van der Waals surface area contributed by atoms with Gasteiger partial charge in [-0.25, -0.2) is 0 Å².